The van der Waals surface area contributed by atoms with Gasteiger partial charge in [-0.25, -0.2) is 0 Å². The molecule has 1 heterocycles. The number of carbonyl (C=O) groups is 4. The number of benzene rings is 2. The molecule has 0 saturated heterocycles. The molecule has 2 aromatic carbocycles. The van der Waals surface area contributed by atoms with Crippen LogP contribution in [0.5, 0.6) is 0 Å². The number of aryl methyl sites for hydroxylation is 1. The lowest BCUT2D eigenvalue weighted by molar-refractivity contribution is -0.153. The van der Waals surface area contributed by atoms with Crippen molar-refractivity contribution in [2.24, 2.45) is 0 Å². The number of amides is 3. The number of anilines is 1. The first-order chi connectivity index (χ1) is 15.7. The SMILES string of the molecule is CCC(C)c1ccccc1NC(=O)C(C)OC(=O)CCCN1C(=O)c2ccc(C)cc2C1=O. The van der Waals surface area contributed by atoms with E-state index in [1.807, 2.05) is 31.2 Å². The average Bonchev–Trinajstić information content (AvgIpc) is 3.02. The molecule has 3 rings (SSSR count). The van der Waals surface area contributed by atoms with Gasteiger partial charge < -0.3 is 10.1 Å². The molecule has 0 aromatic heterocycles. The standard InChI is InChI=1S/C26H30N2O5/c1-5-17(3)19-9-6-7-10-22(19)27-24(30)18(4)33-23(29)11-8-14-28-25(31)20-13-12-16(2)15-21(20)26(28)32/h6-7,9-10,12-13,15,17-18H,5,8,11,14H2,1-4H3,(H,27,30). The van der Waals surface area contributed by atoms with Crippen molar-refractivity contribution in [3.8, 4) is 0 Å². The van der Waals surface area contributed by atoms with E-state index in [0.717, 1.165) is 22.4 Å². The van der Waals surface area contributed by atoms with Crippen molar-refractivity contribution in [1.82, 2.24) is 4.90 Å². The number of ether oxygens (including phenoxy) is 1. The van der Waals surface area contributed by atoms with Gasteiger partial charge in [-0.2, -0.15) is 0 Å². The Bertz CT molecular complexity index is 1080. The second-order valence-electron chi connectivity index (χ2n) is 8.43. The summed E-state index contributed by atoms with van der Waals surface area (Å²) in [6.07, 6.45) is 0.219. The molecule has 1 N–H and O–H groups in total. The van der Waals surface area contributed by atoms with Gasteiger partial charge in [0.05, 0.1) is 11.1 Å². The van der Waals surface area contributed by atoms with E-state index >= 15 is 0 Å². The Morgan fingerprint density at radius 1 is 1.03 bits per heavy atom. The number of para-hydroxylation sites is 1. The highest BCUT2D eigenvalue weighted by atomic mass is 16.5. The van der Waals surface area contributed by atoms with Gasteiger partial charge in [0.15, 0.2) is 6.10 Å². The highest BCUT2D eigenvalue weighted by molar-refractivity contribution is 6.21. The van der Waals surface area contributed by atoms with E-state index in [2.05, 4.69) is 19.2 Å². The smallest absolute Gasteiger partial charge is 0.306 e. The van der Waals surface area contributed by atoms with Crippen molar-refractivity contribution >= 4 is 29.4 Å². The fraction of sp³-hybridized carbons (Fsp3) is 0.385. The van der Waals surface area contributed by atoms with E-state index < -0.39 is 18.0 Å². The molecule has 33 heavy (non-hydrogen) atoms. The Hall–Kier alpha value is -3.48. The van der Waals surface area contributed by atoms with Crippen LogP contribution in [0, 0.1) is 6.92 Å². The number of nitrogens with zero attached hydrogens (tertiary/aromatic N) is 1. The summed E-state index contributed by atoms with van der Waals surface area (Å²) < 4.78 is 5.27. The van der Waals surface area contributed by atoms with Gasteiger partial charge in [-0.15, -0.1) is 0 Å². The van der Waals surface area contributed by atoms with Crippen LogP contribution in [-0.2, 0) is 14.3 Å². The van der Waals surface area contributed by atoms with Crippen molar-refractivity contribution in [2.45, 2.75) is 59.0 Å². The summed E-state index contributed by atoms with van der Waals surface area (Å²) in [6, 6.07) is 12.7. The second kappa shape index (κ2) is 10.4. The fourth-order valence-corrected chi connectivity index (χ4v) is 3.79. The number of imide groups is 1. The Kier molecular flexibility index (Phi) is 7.63. The molecule has 2 aromatic rings. The molecule has 0 bridgehead atoms. The van der Waals surface area contributed by atoms with Crippen LogP contribution < -0.4 is 5.32 Å². The number of carbonyl (C=O) groups excluding carboxylic acids is 4. The van der Waals surface area contributed by atoms with Crippen LogP contribution in [0.3, 0.4) is 0 Å². The second-order valence-corrected chi connectivity index (χ2v) is 8.43. The van der Waals surface area contributed by atoms with E-state index in [1.165, 1.54) is 6.92 Å². The Balaban J connectivity index is 1.49. The van der Waals surface area contributed by atoms with Crippen molar-refractivity contribution in [2.75, 3.05) is 11.9 Å². The topological polar surface area (TPSA) is 92.8 Å². The third-order valence-corrected chi connectivity index (χ3v) is 5.93. The van der Waals surface area contributed by atoms with E-state index in [0.29, 0.717) is 16.8 Å². The Morgan fingerprint density at radius 3 is 2.45 bits per heavy atom. The molecule has 1 aliphatic rings. The summed E-state index contributed by atoms with van der Waals surface area (Å²) in [5.74, 6) is -1.38. The maximum atomic E-state index is 12.5. The molecule has 0 radical (unpaired) electrons. The Morgan fingerprint density at radius 2 is 1.73 bits per heavy atom. The first kappa shape index (κ1) is 24.2. The molecule has 2 unspecified atom stereocenters. The normalized spacial score (nSPS) is 14.6. The van der Waals surface area contributed by atoms with Gasteiger partial charge in [-0.3, -0.25) is 24.1 Å². The van der Waals surface area contributed by atoms with Crippen LogP contribution in [0.2, 0.25) is 0 Å². The molecule has 0 aliphatic carbocycles. The van der Waals surface area contributed by atoms with Gasteiger partial charge in [0, 0.05) is 18.7 Å². The van der Waals surface area contributed by atoms with E-state index in [9.17, 15) is 19.2 Å². The molecule has 0 fully saturated rings. The third-order valence-electron chi connectivity index (χ3n) is 5.93. The van der Waals surface area contributed by atoms with Crippen LogP contribution in [0.15, 0.2) is 42.5 Å². The van der Waals surface area contributed by atoms with Crippen LogP contribution >= 0.6 is 0 Å². The molecule has 3 amide bonds. The largest absolute Gasteiger partial charge is 0.453 e. The molecule has 0 saturated carbocycles. The zero-order valence-electron chi connectivity index (χ0n) is 19.5. The zero-order chi connectivity index (χ0) is 24.1. The molecule has 174 valence electrons. The first-order valence-corrected chi connectivity index (χ1v) is 11.3. The van der Waals surface area contributed by atoms with Gasteiger partial charge in [-0.1, -0.05) is 43.7 Å². The number of hydrogen-bond acceptors (Lipinski definition) is 5. The van der Waals surface area contributed by atoms with Crippen LogP contribution in [0.25, 0.3) is 0 Å². The van der Waals surface area contributed by atoms with Crippen LogP contribution in [0.4, 0.5) is 5.69 Å². The number of fused-ring (bicyclic) bond motifs is 1. The maximum absolute atomic E-state index is 12.5. The summed E-state index contributed by atoms with van der Waals surface area (Å²) in [5, 5.41) is 2.84. The van der Waals surface area contributed by atoms with Crippen molar-refractivity contribution in [3.63, 3.8) is 0 Å². The molecule has 2 atom stereocenters. The minimum absolute atomic E-state index is 0.00644. The molecular weight excluding hydrogens is 420 g/mol. The lowest BCUT2D eigenvalue weighted by Crippen LogP contribution is -2.32. The maximum Gasteiger partial charge on any atom is 0.306 e. The van der Waals surface area contributed by atoms with Gasteiger partial charge >= 0.3 is 5.97 Å². The van der Waals surface area contributed by atoms with E-state index in [4.69, 9.17) is 4.74 Å². The van der Waals surface area contributed by atoms with Gasteiger partial charge in [0.1, 0.15) is 0 Å². The minimum Gasteiger partial charge on any atom is -0.453 e. The quantitative estimate of drug-likeness (QED) is 0.450. The minimum atomic E-state index is -0.968. The molecular formula is C26H30N2O5. The summed E-state index contributed by atoms with van der Waals surface area (Å²) >= 11 is 0. The van der Waals surface area contributed by atoms with E-state index in [1.54, 1.807) is 18.2 Å². The molecule has 7 heteroatoms. The summed E-state index contributed by atoms with van der Waals surface area (Å²) in [5.41, 5.74) is 3.42. The number of rotatable bonds is 9. The highest BCUT2D eigenvalue weighted by Crippen LogP contribution is 2.27. The van der Waals surface area contributed by atoms with Gasteiger partial charge in [0.2, 0.25) is 0 Å². The molecule has 7 nitrogen and oxygen atoms in total. The number of nitrogens with one attached hydrogen (secondary N) is 1. The number of esters is 1. The van der Waals surface area contributed by atoms with E-state index in [-0.39, 0.29) is 37.1 Å². The summed E-state index contributed by atoms with van der Waals surface area (Å²) in [7, 11) is 0. The van der Waals surface area contributed by atoms with Crippen LogP contribution in [0.1, 0.15) is 77.8 Å². The summed E-state index contributed by atoms with van der Waals surface area (Å²) in [4.78, 5) is 50.9. The Labute approximate surface area is 194 Å². The number of hydrogen-bond donors (Lipinski definition) is 1. The monoisotopic (exact) mass is 450 g/mol. The predicted octanol–water partition coefficient (Wildman–Crippen LogP) is 4.46. The highest BCUT2D eigenvalue weighted by Gasteiger charge is 2.35. The van der Waals surface area contributed by atoms with Crippen molar-refractivity contribution < 1.29 is 23.9 Å². The lowest BCUT2D eigenvalue weighted by atomic mass is 9.97. The molecule has 1 aliphatic heterocycles. The summed E-state index contributed by atoms with van der Waals surface area (Å²) in [6.45, 7) is 7.66. The zero-order valence-corrected chi connectivity index (χ0v) is 19.5. The fourth-order valence-electron chi connectivity index (χ4n) is 3.79. The van der Waals surface area contributed by atoms with Crippen molar-refractivity contribution in [1.29, 1.82) is 0 Å². The van der Waals surface area contributed by atoms with Crippen LogP contribution in [-0.4, -0.2) is 41.2 Å². The van der Waals surface area contributed by atoms with Crippen molar-refractivity contribution in [3.05, 3.63) is 64.7 Å². The lowest BCUT2D eigenvalue weighted by Gasteiger charge is -2.18. The molecule has 0 spiro atoms. The first-order valence-electron chi connectivity index (χ1n) is 11.3. The predicted molar refractivity (Wildman–Crippen MR) is 125 cm³/mol. The third kappa shape index (κ3) is 5.48. The average molecular weight is 451 g/mol. The van der Waals surface area contributed by atoms with Gasteiger partial charge in [0.25, 0.3) is 17.7 Å². The van der Waals surface area contributed by atoms with Gasteiger partial charge in [-0.05, 0) is 56.4 Å².